The van der Waals surface area contributed by atoms with Crippen molar-refractivity contribution >= 4 is 0 Å². The molecule has 2 heterocycles. The lowest BCUT2D eigenvalue weighted by molar-refractivity contribution is 0.556. The fourth-order valence-electron chi connectivity index (χ4n) is 1.40. The summed E-state index contributed by atoms with van der Waals surface area (Å²) in [5.41, 5.74) is 2.00. The Labute approximate surface area is 82.0 Å². The Bertz CT molecular complexity index is 372. The first-order valence-electron chi connectivity index (χ1n) is 4.37. The topological polar surface area (TPSA) is 51.0 Å². The average molecular weight is 189 g/mol. The maximum atomic E-state index is 5.04. The molecule has 0 fully saturated rings. The van der Waals surface area contributed by atoms with Gasteiger partial charge in [0.1, 0.15) is 6.33 Å². The van der Waals surface area contributed by atoms with Gasteiger partial charge >= 0.3 is 0 Å². The Morgan fingerprint density at radius 3 is 2.93 bits per heavy atom. The van der Waals surface area contributed by atoms with Crippen LogP contribution in [0.25, 0.3) is 0 Å². The van der Waals surface area contributed by atoms with Crippen LogP contribution in [-0.4, -0.2) is 17.0 Å². The number of aromatic nitrogens is 2. The molecule has 0 aliphatic carbocycles. The molecule has 14 heavy (non-hydrogen) atoms. The first-order valence-corrected chi connectivity index (χ1v) is 4.37. The molecule has 0 spiro atoms. The number of nitrogens with one attached hydrogen (secondary N) is 1. The van der Waals surface area contributed by atoms with Crippen molar-refractivity contribution in [2.24, 2.45) is 0 Å². The maximum absolute atomic E-state index is 5.04. The second-order valence-corrected chi connectivity index (χ2v) is 2.91. The number of hydrogen-bond acceptors (Lipinski definition) is 4. The first-order chi connectivity index (χ1) is 6.92. The molecule has 0 aliphatic heterocycles. The fraction of sp³-hybridized carbons (Fsp3) is 0.200. The summed E-state index contributed by atoms with van der Waals surface area (Å²) in [5.74, 6) is 0. The van der Waals surface area contributed by atoms with Crippen molar-refractivity contribution in [3.05, 3.63) is 48.4 Å². The second kappa shape index (κ2) is 4.02. The van der Waals surface area contributed by atoms with Crippen LogP contribution in [0.5, 0.6) is 0 Å². The van der Waals surface area contributed by atoms with Crippen LogP contribution in [0.15, 0.2) is 41.6 Å². The van der Waals surface area contributed by atoms with E-state index >= 15 is 0 Å². The molecule has 2 rings (SSSR count). The van der Waals surface area contributed by atoms with Gasteiger partial charge in [0.05, 0.1) is 24.3 Å². The normalized spacial score (nSPS) is 12.6. The summed E-state index contributed by atoms with van der Waals surface area (Å²) in [6.07, 6.45) is 6.64. The molecule has 4 heteroatoms. The minimum Gasteiger partial charge on any atom is -0.472 e. The second-order valence-electron chi connectivity index (χ2n) is 2.91. The van der Waals surface area contributed by atoms with E-state index in [0.29, 0.717) is 0 Å². The third kappa shape index (κ3) is 1.65. The summed E-state index contributed by atoms with van der Waals surface area (Å²) >= 11 is 0. The highest BCUT2D eigenvalue weighted by atomic mass is 16.3. The largest absolute Gasteiger partial charge is 0.472 e. The quantitative estimate of drug-likeness (QED) is 0.792. The van der Waals surface area contributed by atoms with Crippen molar-refractivity contribution in [2.45, 2.75) is 6.04 Å². The number of nitrogens with zero attached hydrogens (tertiary/aromatic N) is 2. The van der Waals surface area contributed by atoms with Crippen LogP contribution in [-0.2, 0) is 0 Å². The number of rotatable bonds is 3. The predicted molar refractivity (Wildman–Crippen MR) is 51.6 cm³/mol. The van der Waals surface area contributed by atoms with Crippen LogP contribution in [0.4, 0.5) is 0 Å². The zero-order valence-corrected chi connectivity index (χ0v) is 7.84. The van der Waals surface area contributed by atoms with E-state index in [1.165, 1.54) is 0 Å². The average Bonchev–Trinajstić information content (AvgIpc) is 2.74. The molecule has 72 valence electrons. The van der Waals surface area contributed by atoms with E-state index in [1.54, 1.807) is 25.1 Å². The lowest BCUT2D eigenvalue weighted by Crippen LogP contribution is -2.18. The summed E-state index contributed by atoms with van der Waals surface area (Å²) < 4.78 is 5.04. The van der Waals surface area contributed by atoms with Crippen molar-refractivity contribution in [3.63, 3.8) is 0 Å². The monoisotopic (exact) mass is 189 g/mol. The molecule has 1 atom stereocenters. The molecular weight excluding hydrogens is 178 g/mol. The third-order valence-electron chi connectivity index (χ3n) is 2.07. The highest BCUT2D eigenvalue weighted by molar-refractivity contribution is 5.22. The maximum Gasteiger partial charge on any atom is 0.115 e. The van der Waals surface area contributed by atoms with Crippen LogP contribution in [0, 0.1) is 0 Å². The molecule has 2 aromatic rings. The minimum atomic E-state index is 0.0664. The number of hydrogen-bond donors (Lipinski definition) is 1. The molecule has 0 saturated carbocycles. The van der Waals surface area contributed by atoms with Crippen LogP contribution < -0.4 is 5.32 Å². The van der Waals surface area contributed by atoms with Crippen LogP contribution in [0.3, 0.4) is 0 Å². The van der Waals surface area contributed by atoms with Gasteiger partial charge in [0.25, 0.3) is 0 Å². The summed E-state index contributed by atoms with van der Waals surface area (Å²) in [4.78, 5) is 8.07. The van der Waals surface area contributed by atoms with E-state index in [4.69, 9.17) is 4.42 Å². The van der Waals surface area contributed by atoms with Crippen molar-refractivity contribution in [3.8, 4) is 0 Å². The van der Waals surface area contributed by atoms with Gasteiger partial charge in [0.15, 0.2) is 0 Å². The van der Waals surface area contributed by atoms with Gasteiger partial charge in [-0.3, -0.25) is 0 Å². The van der Waals surface area contributed by atoms with E-state index in [9.17, 15) is 0 Å². The molecule has 0 aliphatic rings. The van der Waals surface area contributed by atoms with E-state index in [-0.39, 0.29) is 6.04 Å². The SMILES string of the molecule is CNC(c1ccoc1)c1ccncn1. The van der Waals surface area contributed by atoms with E-state index in [1.807, 2.05) is 19.2 Å². The minimum absolute atomic E-state index is 0.0664. The van der Waals surface area contributed by atoms with Gasteiger partial charge in [-0.25, -0.2) is 9.97 Å². The van der Waals surface area contributed by atoms with Crippen LogP contribution in [0.1, 0.15) is 17.3 Å². The van der Waals surface area contributed by atoms with Gasteiger partial charge < -0.3 is 9.73 Å². The van der Waals surface area contributed by atoms with E-state index in [0.717, 1.165) is 11.3 Å². The summed E-state index contributed by atoms with van der Waals surface area (Å²) in [5, 5.41) is 3.17. The van der Waals surface area contributed by atoms with Gasteiger partial charge in [-0.1, -0.05) is 0 Å². The molecule has 2 aromatic heterocycles. The first kappa shape index (κ1) is 8.90. The third-order valence-corrected chi connectivity index (χ3v) is 2.07. The smallest absolute Gasteiger partial charge is 0.115 e. The van der Waals surface area contributed by atoms with Gasteiger partial charge in [-0.15, -0.1) is 0 Å². The van der Waals surface area contributed by atoms with Gasteiger partial charge in [-0.2, -0.15) is 0 Å². The summed E-state index contributed by atoms with van der Waals surface area (Å²) in [7, 11) is 1.89. The van der Waals surface area contributed by atoms with Crippen LogP contribution >= 0.6 is 0 Å². The molecule has 0 radical (unpaired) electrons. The van der Waals surface area contributed by atoms with Crippen molar-refractivity contribution in [1.29, 1.82) is 0 Å². The van der Waals surface area contributed by atoms with Gasteiger partial charge in [0.2, 0.25) is 0 Å². The standard InChI is InChI=1S/C10H11N3O/c1-11-10(8-3-5-14-6-8)9-2-4-12-7-13-9/h2-7,10-11H,1H3. The Balaban J connectivity index is 2.31. The zero-order valence-electron chi connectivity index (χ0n) is 7.84. The number of furan rings is 1. The molecule has 0 saturated heterocycles. The zero-order chi connectivity index (χ0) is 9.80. The highest BCUT2D eigenvalue weighted by Crippen LogP contribution is 2.19. The van der Waals surface area contributed by atoms with E-state index in [2.05, 4.69) is 15.3 Å². The van der Waals surface area contributed by atoms with Crippen molar-refractivity contribution < 1.29 is 4.42 Å². The molecule has 0 bridgehead atoms. The van der Waals surface area contributed by atoms with Crippen molar-refractivity contribution in [1.82, 2.24) is 15.3 Å². The fourth-order valence-corrected chi connectivity index (χ4v) is 1.40. The Morgan fingerprint density at radius 2 is 2.36 bits per heavy atom. The van der Waals surface area contributed by atoms with Crippen LogP contribution in [0.2, 0.25) is 0 Å². The molecule has 0 aromatic carbocycles. The van der Waals surface area contributed by atoms with E-state index < -0.39 is 0 Å². The van der Waals surface area contributed by atoms with Gasteiger partial charge in [-0.05, 0) is 19.2 Å². The van der Waals surface area contributed by atoms with Crippen molar-refractivity contribution in [2.75, 3.05) is 7.05 Å². The predicted octanol–water partition coefficient (Wildman–Crippen LogP) is 1.38. The Morgan fingerprint density at radius 1 is 1.43 bits per heavy atom. The summed E-state index contributed by atoms with van der Waals surface area (Å²) in [6.45, 7) is 0. The molecule has 0 amide bonds. The molecular formula is C10H11N3O. The Hall–Kier alpha value is -1.68. The molecule has 1 N–H and O–H groups in total. The molecule has 1 unspecified atom stereocenters. The highest BCUT2D eigenvalue weighted by Gasteiger charge is 2.13. The summed E-state index contributed by atoms with van der Waals surface area (Å²) in [6, 6.07) is 3.87. The van der Waals surface area contributed by atoms with Gasteiger partial charge in [0, 0.05) is 11.8 Å². The molecule has 4 nitrogen and oxygen atoms in total. The lowest BCUT2D eigenvalue weighted by atomic mass is 10.1. The lowest BCUT2D eigenvalue weighted by Gasteiger charge is -2.12. The Kier molecular flexibility index (Phi) is 2.55.